The molecule has 0 aliphatic heterocycles. The zero-order valence-corrected chi connectivity index (χ0v) is 11.3. The van der Waals surface area contributed by atoms with Gasteiger partial charge >= 0.3 is 0 Å². The number of rotatable bonds is 7. The second-order valence-electron chi connectivity index (χ2n) is 4.31. The summed E-state index contributed by atoms with van der Waals surface area (Å²) in [4.78, 5) is 11.7. The quantitative estimate of drug-likeness (QED) is 0.768. The summed E-state index contributed by atoms with van der Waals surface area (Å²) >= 11 is 0. The number of hydrogen-bond acceptors (Lipinski definition) is 3. The number of para-hydroxylation sites is 1. The van der Waals surface area contributed by atoms with Gasteiger partial charge in [0.1, 0.15) is 5.75 Å². The Morgan fingerprint density at radius 1 is 1.39 bits per heavy atom. The zero-order valence-electron chi connectivity index (χ0n) is 11.3. The Balaban J connectivity index is 2.38. The number of methoxy groups -OCH3 is 1. The zero-order chi connectivity index (χ0) is 13.4. The van der Waals surface area contributed by atoms with Gasteiger partial charge in [0.25, 0.3) is 0 Å². The van der Waals surface area contributed by atoms with Crippen LogP contribution in [0.25, 0.3) is 0 Å². The van der Waals surface area contributed by atoms with Crippen LogP contribution in [0.5, 0.6) is 5.75 Å². The van der Waals surface area contributed by atoms with Crippen molar-refractivity contribution in [3.05, 3.63) is 29.8 Å². The molecule has 1 aromatic rings. The average molecular weight is 250 g/mol. The molecule has 0 aliphatic rings. The van der Waals surface area contributed by atoms with E-state index in [0.29, 0.717) is 25.4 Å². The van der Waals surface area contributed by atoms with Crippen LogP contribution in [0.15, 0.2) is 24.3 Å². The fourth-order valence-electron chi connectivity index (χ4n) is 1.62. The van der Waals surface area contributed by atoms with Crippen molar-refractivity contribution < 1.29 is 9.53 Å². The number of carbonyl (C=O) groups is 1. The summed E-state index contributed by atoms with van der Waals surface area (Å²) in [5, 5.41) is 5.98. The van der Waals surface area contributed by atoms with E-state index in [2.05, 4.69) is 10.6 Å². The molecule has 0 heterocycles. The van der Waals surface area contributed by atoms with E-state index in [1.807, 2.05) is 38.2 Å². The van der Waals surface area contributed by atoms with Crippen molar-refractivity contribution in [3.8, 4) is 5.75 Å². The molecule has 100 valence electrons. The number of benzene rings is 1. The van der Waals surface area contributed by atoms with E-state index in [4.69, 9.17) is 4.74 Å². The lowest BCUT2D eigenvalue weighted by Crippen LogP contribution is -2.37. The van der Waals surface area contributed by atoms with Gasteiger partial charge < -0.3 is 15.4 Å². The molecule has 0 aliphatic carbocycles. The van der Waals surface area contributed by atoms with Crippen LogP contribution in [0.3, 0.4) is 0 Å². The van der Waals surface area contributed by atoms with Gasteiger partial charge in [-0.25, -0.2) is 0 Å². The summed E-state index contributed by atoms with van der Waals surface area (Å²) in [6.07, 6.45) is 1.18. The van der Waals surface area contributed by atoms with Crippen LogP contribution in [0.4, 0.5) is 0 Å². The number of likely N-dealkylation sites (N-methyl/N-ethyl adjacent to an activating group) is 1. The van der Waals surface area contributed by atoms with Crippen LogP contribution >= 0.6 is 0 Å². The van der Waals surface area contributed by atoms with Crippen LogP contribution in [-0.2, 0) is 11.2 Å². The number of carbonyl (C=O) groups excluding carboxylic acids is 1. The van der Waals surface area contributed by atoms with Crippen LogP contribution in [0.1, 0.15) is 18.9 Å². The largest absolute Gasteiger partial charge is 0.496 e. The maximum absolute atomic E-state index is 11.7. The molecule has 0 saturated heterocycles. The minimum absolute atomic E-state index is 0.0722. The summed E-state index contributed by atoms with van der Waals surface area (Å²) in [5.74, 6) is 0.914. The fourth-order valence-corrected chi connectivity index (χ4v) is 1.62. The van der Waals surface area contributed by atoms with Crippen molar-refractivity contribution in [1.82, 2.24) is 10.6 Å². The summed E-state index contributed by atoms with van der Waals surface area (Å²) in [5.41, 5.74) is 1.07. The highest BCUT2D eigenvalue weighted by molar-refractivity contribution is 5.76. The van der Waals surface area contributed by atoms with Gasteiger partial charge in [0.15, 0.2) is 0 Å². The minimum Gasteiger partial charge on any atom is -0.496 e. The lowest BCUT2D eigenvalue weighted by molar-refractivity contribution is -0.121. The number of amides is 1. The first-order valence-corrected chi connectivity index (χ1v) is 6.23. The Morgan fingerprint density at radius 3 is 2.78 bits per heavy atom. The van der Waals surface area contributed by atoms with E-state index in [1.54, 1.807) is 7.11 Å². The first kappa shape index (κ1) is 14.5. The Kier molecular flexibility index (Phi) is 6.22. The van der Waals surface area contributed by atoms with Gasteiger partial charge in [0, 0.05) is 19.0 Å². The van der Waals surface area contributed by atoms with E-state index < -0.39 is 0 Å². The molecule has 0 aromatic heterocycles. The van der Waals surface area contributed by atoms with Gasteiger partial charge in [-0.15, -0.1) is 0 Å². The van der Waals surface area contributed by atoms with E-state index >= 15 is 0 Å². The van der Waals surface area contributed by atoms with Crippen molar-refractivity contribution in [2.45, 2.75) is 25.8 Å². The van der Waals surface area contributed by atoms with Crippen molar-refractivity contribution in [1.29, 1.82) is 0 Å². The van der Waals surface area contributed by atoms with Crippen molar-refractivity contribution in [2.24, 2.45) is 0 Å². The highest BCUT2D eigenvalue weighted by Gasteiger charge is 2.06. The molecule has 4 heteroatoms. The second-order valence-corrected chi connectivity index (χ2v) is 4.31. The monoisotopic (exact) mass is 250 g/mol. The molecule has 0 radical (unpaired) electrons. The normalized spacial score (nSPS) is 11.9. The van der Waals surface area contributed by atoms with Crippen molar-refractivity contribution in [2.75, 3.05) is 20.7 Å². The first-order valence-electron chi connectivity index (χ1n) is 6.23. The Hall–Kier alpha value is -1.55. The molecule has 1 unspecified atom stereocenters. The third kappa shape index (κ3) is 4.75. The fraction of sp³-hybridized carbons (Fsp3) is 0.500. The molecule has 2 N–H and O–H groups in total. The Labute approximate surface area is 109 Å². The van der Waals surface area contributed by atoms with Crippen molar-refractivity contribution in [3.63, 3.8) is 0 Å². The SMILES string of the molecule is CNC(C)CNC(=O)CCc1ccccc1OC. The molecule has 1 atom stereocenters. The predicted molar refractivity (Wildman–Crippen MR) is 72.8 cm³/mol. The molecule has 0 bridgehead atoms. The van der Waals surface area contributed by atoms with Crippen LogP contribution < -0.4 is 15.4 Å². The number of nitrogens with one attached hydrogen (secondary N) is 2. The summed E-state index contributed by atoms with van der Waals surface area (Å²) < 4.78 is 5.25. The molecule has 1 amide bonds. The lowest BCUT2D eigenvalue weighted by Gasteiger charge is -2.12. The Morgan fingerprint density at radius 2 is 2.11 bits per heavy atom. The molecule has 0 fully saturated rings. The molecular weight excluding hydrogens is 228 g/mol. The van der Waals surface area contributed by atoms with E-state index in [0.717, 1.165) is 11.3 Å². The third-order valence-electron chi connectivity index (χ3n) is 2.91. The number of aryl methyl sites for hydroxylation is 1. The van der Waals surface area contributed by atoms with E-state index in [1.165, 1.54) is 0 Å². The van der Waals surface area contributed by atoms with Gasteiger partial charge in [-0.2, -0.15) is 0 Å². The van der Waals surface area contributed by atoms with Gasteiger partial charge in [-0.3, -0.25) is 4.79 Å². The van der Waals surface area contributed by atoms with E-state index in [-0.39, 0.29) is 5.91 Å². The second kappa shape index (κ2) is 7.71. The van der Waals surface area contributed by atoms with Gasteiger partial charge in [-0.05, 0) is 32.0 Å². The molecule has 4 nitrogen and oxygen atoms in total. The standard InChI is InChI=1S/C14H22N2O2/c1-11(15-2)10-16-14(17)9-8-12-6-4-5-7-13(12)18-3/h4-7,11,15H,8-10H2,1-3H3,(H,16,17). The maximum Gasteiger partial charge on any atom is 0.220 e. The lowest BCUT2D eigenvalue weighted by atomic mass is 10.1. The predicted octanol–water partition coefficient (Wildman–Crippen LogP) is 1.35. The number of hydrogen-bond donors (Lipinski definition) is 2. The van der Waals surface area contributed by atoms with Crippen LogP contribution in [0.2, 0.25) is 0 Å². The van der Waals surface area contributed by atoms with E-state index in [9.17, 15) is 4.79 Å². The number of ether oxygens (including phenoxy) is 1. The highest BCUT2D eigenvalue weighted by atomic mass is 16.5. The minimum atomic E-state index is 0.0722. The topological polar surface area (TPSA) is 50.4 Å². The summed E-state index contributed by atoms with van der Waals surface area (Å²) in [6, 6.07) is 8.08. The van der Waals surface area contributed by atoms with Gasteiger partial charge in [0.05, 0.1) is 7.11 Å². The highest BCUT2D eigenvalue weighted by Crippen LogP contribution is 2.18. The molecule has 1 aromatic carbocycles. The van der Waals surface area contributed by atoms with Gasteiger partial charge in [-0.1, -0.05) is 18.2 Å². The van der Waals surface area contributed by atoms with Crippen molar-refractivity contribution >= 4 is 5.91 Å². The summed E-state index contributed by atoms with van der Waals surface area (Å²) in [7, 11) is 3.53. The first-order chi connectivity index (χ1) is 8.67. The molecule has 1 rings (SSSR count). The van der Waals surface area contributed by atoms with Crippen LogP contribution in [-0.4, -0.2) is 32.7 Å². The molecular formula is C14H22N2O2. The maximum atomic E-state index is 11.7. The Bertz CT molecular complexity index is 380. The molecule has 18 heavy (non-hydrogen) atoms. The van der Waals surface area contributed by atoms with Gasteiger partial charge in [0.2, 0.25) is 5.91 Å². The summed E-state index contributed by atoms with van der Waals surface area (Å²) in [6.45, 7) is 2.68. The molecule has 0 saturated carbocycles. The smallest absolute Gasteiger partial charge is 0.220 e. The third-order valence-corrected chi connectivity index (χ3v) is 2.91. The van der Waals surface area contributed by atoms with Crippen LogP contribution in [0, 0.1) is 0 Å². The average Bonchev–Trinajstić information content (AvgIpc) is 2.42. The molecule has 0 spiro atoms.